The minimum absolute atomic E-state index is 0.0865. The molecular weight excluding hydrogens is 412 g/mol. The van der Waals surface area contributed by atoms with Crippen LogP contribution >= 0.6 is 0 Å². The van der Waals surface area contributed by atoms with Gasteiger partial charge in [0.05, 0.1) is 31.7 Å². The summed E-state index contributed by atoms with van der Waals surface area (Å²) in [7, 11) is 1.69. The summed E-state index contributed by atoms with van der Waals surface area (Å²) in [6, 6.07) is 23.2. The topological polar surface area (TPSA) is 61.2 Å². The lowest BCUT2D eigenvalue weighted by atomic mass is 9.91. The molecule has 170 valence electrons. The van der Waals surface area contributed by atoms with E-state index >= 15 is 0 Å². The van der Waals surface area contributed by atoms with E-state index < -0.39 is 0 Å². The monoisotopic (exact) mass is 442 g/mol. The normalized spacial score (nSPS) is 18.5. The summed E-state index contributed by atoms with van der Waals surface area (Å²) in [5, 5.41) is 14.6. The summed E-state index contributed by atoms with van der Waals surface area (Å²) >= 11 is 0. The lowest BCUT2D eigenvalue weighted by Crippen LogP contribution is -2.41. The Morgan fingerprint density at radius 3 is 2.67 bits per heavy atom. The van der Waals surface area contributed by atoms with Crippen LogP contribution in [0.4, 0.5) is 0 Å². The molecule has 0 radical (unpaired) electrons. The molecule has 0 amide bonds. The molecule has 4 aromatic rings. The van der Waals surface area contributed by atoms with Gasteiger partial charge in [-0.15, -0.1) is 5.10 Å². The van der Waals surface area contributed by atoms with E-state index in [-0.39, 0.29) is 12.0 Å². The summed E-state index contributed by atoms with van der Waals surface area (Å²) in [5.74, 6) is 1.15. The van der Waals surface area contributed by atoms with Gasteiger partial charge >= 0.3 is 0 Å². The lowest BCUT2D eigenvalue weighted by Gasteiger charge is -2.32. The Morgan fingerprint density at radius 1 is 1.00 bits per heavy atom. The third kappa shape index (κ3) is 5.07. The summed E-state index contributed by atoms with van der Waals surface area (Å²) in [6.07, 6.45) is 3.91. The van der Waals surface area contributed by atoms with E-state index in [0.29, 0.717) is 6.61 Å². The number of benzene rings is 3. The van der Waals surface area contributed by atoms with Crippen molar-refractivity contribution in [1.29, 1.82) is 0 Å². The van der Waals surface area contributed by atoms with E-state index in [2.05, 4.69) is 70.2 Å². The van der Waals surface area contributed by atoms with Crippen LogP contribution in [0.25, 0.3) is 10.8 Å². The summed E-state index contributed by atoms with van der Waals surface area (Å²) < 4.78 is 13.8. The zero-order valence-electron chi connectivity index (χ0n) is 19.0. The quantitative estimate of drug-likeness (QED) is 0.440. The van der Waals surface area contributed by atoms with Crippen LogP contribution < -0.4 is 10.1 Å². The molecule has 6 heteroatoms. The molecule has 1 saturated heterocycles. The first-order chi connectivity index (χ1) is 16.3. The Hall–Kier alpha value is -3.22. The smallest absolute Gasteiger partial charge is 0.118 e. The number of fused-ring (bicyclic) bond motifs is 1. The number of aromatic nitrogens is 3. The van der Waals surface area contributed by atoms with E-state index in [1.807, 2.05) is 23.0 Å². The number of methoxy groups -OCH3 is 1. The van der Waals surface area contributed by atoms with Gasteiger partial charge in [-0.2, -0.15) is 0 Å². The second-order valence-corrected chi connectivity index (χ2v) is 8.61. The van der Waals surface area contributed by atoms with Crippen molar-refractivity contribution in [3.05, 3.63) is 89.7 Å². The fourth-order valence-corrected chi connectivity index (χ4v) is 4.63. The molecule has 1 aromatic heterocycles. The first kappa shape index (κ1) is 21.6. The number of ether oxygens (including phenoxy) is 2. The van der Waals surface area contributed by atoms with Crippen LogP contribution in [0.3, 0.4) is 0 Å². The maximum atomic E-state index is 6.45. The predicted octanol–water partition coefficient (Wildman–Crippen LogP) is 4.34. The first-order valence-corrected chi connectivity index (χ1v) is 11.6. The molecule has 2 heterocycles. The molecule has 0 unspecified atom stereocenters. The standard InChI is InChI=1S/C27H30N4O2/c1-32-24-10-7-20(8-11-24)13-15-31-26(17-29-30-31)25-12-14-28-18-27(25)33-19-21-6-9-22-4-2-3-5-23(22)16-21/h2-11,16-17,25,27-28H,12-15,18-19H2,1H3/t25-,27+/m0/s1. The fourth-order valence-electron chi connectivity index (χ4n) is 4.63. The fraction of sp³-hybridized carbons (Fsp3) is 0.333. The van der Waals surface area contributed by atoms with E-state index in [9.17, 15) is 0 Å². The molecule has 0 aliphatic carbocycles. The Kier molecular flexibility index (Phi) is 6.65. The summed E-state index contributed by atoms with van der Waals surface area (Å²) in [4.78, 5) is 0. The number of nitrogens with one attached hydrogen (secondary N) is 1. The molecule has 0 saturated carbocycles. The second kappa shape index (κ2) is 10.1. The van der Waals surface area contributed by atoms with Gasteiger partial charge in [0.1, 0.15) is 5.75 Å². The van der Waals surface area contributed by atoms with Crippen molar-refractivity contribution >= 4 is 10.8 Å². The Bertz CT molecular complexity index is 1190. The van der Waals surface area contributed by atoms with Gasteiger partial charge in [0.2, 0.25) is 0 Å². The molecule has 3 aromatic carbocycles. The SMILES string of the molecule is COc1ccc(CCn2nncc2[C@@H]2CCNC[C@H]2OCc2ccc3ccccc3c2)cc1. The van der Waals surface area contributed by atoms with Crippen LogP contribution in [-0.4, -0.2) is 41.3 Å². The third-order valence-corrected chi connectivity index (χ3v) is 6.50. The van der Waals surface area contributed by atoms with Gasteiger partial charge in [0.15, 0.2) is 0 Å². The highest BCUT2D eigenvalue weighted by Crippen LogP contribution is 2.28. The molecule has 1 aliphatic rings. The highest BCUT2D eigenvalue weighted by atomic mass is 16.5. The van der Waals surface area contributed by atoms with Gasteiger partial charge in [-0.3, -0.25) is 0 Å². The molecule has 1 N–H and O–H groups in total. The van der Waals surface area contributed by atoms with Crippen LogP contribution in [0, 0.1) is 0 Å². The minimum atomic E-state index is 0.0865. The number of piperidine rings is 1. The molecule has 1 aliphatic heterocycles. The van der Waals surface area contributed by atoms with Crippen LogP contribution in [0.5, 0.6) is 5.75 Å². The van der Waals surface area contributed by atoms with Crippen molar-refractivity contribution in [2.45, 2.75) is 38.0 Å². The number of rotatable bonds is 8. The Labute approximate surface area is 194 Å². The summed E-state index contributed by atoms with van der Waals surface area (Å²) in [6.45, 7) is 3.20. The Balaban J connectivity index is 1.26. The predicted molar refractivity (Wildman–Crippen MR) is 129 cm³/mol. The van der Waals surface area contributed by atoms with Gasteiger partial charge in [-0.25, -0.2) is 4.68 Å². The van der Waals surface area contributed by atoms with Gasteiger partial charge in [0.25, 0.3) is 0 Å². The summed E-state index contributed by atoms with van der Waals surface area (Å²) in [5.41, 5.74) is 3.62. The van der Waals surface area contributed by atoms with E-state index in [1.54, 1.807) is 7.11 Å². The Morgan fingerprint density at radius 2 is 1.82 bits per heavy atom. The molecule has 0 bridgehead atoms. The average molecular weight is 443 g/mol. The van der Waals surface area contributed by atoms with Crippen molar-refractivity contribution in [3.63, 3.8) is 0 Å². The number of nitrogens with zero attached hydrogens (tertiary/aromatic N) is 3. The number of hydrogen-bond acceptors (Lipinski definition) is 5. The second-order valence-electron chi connectivity index (χ2n) is 8.61. The number of aryl methyl sites for hydroxylation is 2. The highest BCUT2D eigenvalue weighted by Gasteiger charge is 2.30. The van der Waals surface area contributed by atoms with Gasteiger partial charge in [-0.1, -0.05) is 53.7 Å². The number of hydrogen-bond donors (Lipinski definition) is 1. The lowest BCUT2D eigenvalue weighted by molar-refractivity contribution is 0.00868. The minimum Gasteiger partial charge on any atom is -0.497 e. The highest BCUT2D eigenvalue weighted by molar-refractivity contribution is 5.82. The molecule has 6 nitrogen and oxygen atoms in total. The third-order valence-electron chi connectivity index (χ3n) is 6.50. The molecule has 2 atom stereocenters. The van der Waals surface area contributed by atoms with Crippen molar-refractivity contribution in [2.24, 2.45) is 0 Å². The van der Waals surface area contributed by atoms with Gasteiger partial charge in [-0.05, 0) is 59.5 Å². The van der Waals surface area contributed by atoms with Crippen molar-refractivity contribution in [1.82, 2.24) is 20.3 Å². The van der Waals surface area contributed by atoms with Crippen molar-refractivity contribution in [2.75, 3.05) is 20.2 Å². The van der Waals surface area contributed by atoms with Gasteiger partial charge in [0, 0.05) is 19.0 Å². The van der Waals surface area contributed by atoms with E-state index in [1.165, 1.54) is 21.9 Å². The largest absolute Gasteiger partial charge is 0.497 e. The van der Waals surface area contributed by atoms with Crippen LogP contribution in [0.15, 0.2) is 72.9 Å². The van der Waals surface area contributed by atoms with Crippen LogP contribution in [0.2, 0.25) is 0 Å². The van der Waals surface area contributed by atoms with E-state index in [0.717, 1.165) is 43.9 Å². The zero-order valence-corrected chi connectivity index (χ0v) is 19.0. The maximum Gasteiger partial charge on any atom is 0.118 e. The van der Waals surface area contributed by atoms with Crippen molar-refractivity contribution < 1.29 is 9.47 Å². The molecule has 33 heavy (non-hydrogen) atoms. The molecule has 0 spiro atoms. The average Bonchev–Trinajstić information content (AvgIpc) is 3.35. The zero-order chi connectivity index (χ0) is 22.5. The molecule has 5 rings (SSSR count). The molecular formula is C27H30N4O2. The van der Waals surface area contributed by atoms with Crippen molar-refractivity contribution in [3.8, 4) is 5.75 Å². The van der Waals surface area contributed by atoms with Gasteiger partial charge < -0.3 is 14.8 Å². The first-order valence-electron chi connectivity index (χ1n) is 11.6. The maximum absolute atomic E-state index is 6.45. The van der Waals surface area contributed by atoms with E-state index in [4.69, 9.17) is 9.47 Å². The van der Waals surface area contributed by atoms with Crippen LogP contribution in [-0.2, 0) is 24.3 Å². The molecule has 1 fully saturated rings. The van der Waals surface area contributed by atoms with Crippen LogP contribution in [0.1, 0.15) is 29.2 Å².